The third kappa shape index (κ3) is 8.63. The fourth-order valence-electron chi connectivity index (χ4n) is 1.38. The Kier molecular flexibility index (Phi) is 9.34. The molecule has 2 atom stereocenters. The highest BCUT2D eigenvalue weighted by atomic mass is 32.1. The minimum absolute atomic E-state index is 0.0291. The number of carboxylic acid groups (broad SMARTS) is 1. The molecule has 11 nitrogen and oxygen atoms in total. The van der Waals surface area contributed by atoms with E-state index < -0.39 is 54.6 Å². The summed E-state index contributed by atoms with van der Waals surface area (Å²) in [6, 6.07) is -2.49. The molecular weight excluding hydrogens is 330 g/mol. The molecule has 4 amide bonds. The van der Waals surface area contributed by atoms with Crippen molar-refractivity contribution in [3.8, 4) is 0 Å². The van der Waals surface area contributed by atoms with Crippen molar-refractivity contribution in [2.75, 3.05) is 18.8 Å². The highest BCUT2D eigenvalue weighted by molar-refractivity contribution is 7.80. The van der Waals surface area contributed by atoms with Crippen molar-refractivity contribution in [2.45, 2.75) is 18.5 Å². The van der Waals surface area contributed by atoms with Gasteiger partial charge in [-0.2, -0.15) is 12.6 Å². The Balaban J connectivity index is 4.44. The van der Waals surface area contributed by atoms with Gasteiger partial charge < -0.3 is 32.5 Å². The van der Waals surface area contributed by atoms with E-state index in [2.05, 4.69) is 23.3 Å². The number of primary amides is 1. The van der Waals surface area contributed by atoms with Crippen molar-refractivity contribution >= 4 is 42.2 Å². The van der Waals surface area contributed by atoms with Gasteiger partial charge in [0.05, 0.1) is 19.5 Å². The number of hydrogen-bond donors (Lipinski definition) is 7. The second kappa shape index (κ2) is 10.4. The molecule has 12 heteroatoms. The van der Waals surface area contributed by atoms with Crippen LogP contribution < -0.4 is 27.4 Å². The van der Waals surface area contributed by atoms with Gasteiger partial charge in [-0.25, -0.2) is 4.79 Å². The van der Waals surface area contributed by atoms with E-state index >= 15 is 0 Å². The molecule has 0 spiro atoms. The van der Waals surface area contributed by atoms with Gasteiger partial charge in [-0.05, 0) is 0 Å². The summed E-state index contributed by atoms with van der Waals surface area (Å²) in [5, 5.41) is 15.3. The third-order valence-corrected chi connectivity index (χ3v) is 2.85. The number of thiol groups is 1. The van der Waals surface area contributed by atoms with E-state index in [-0.39, 0.29) is 12.3 Å². The van der Waals surface area contributed by atoms with Gasteiger partial charge in [0.2, 0.25) is 23.6 Å². The van der Waals surface area contributed by atoms with Gasteiger partial charge in [0.1, 0.15) is 12.1 Å². The predicted molar refractivity (Wildman–Crippen MR) is 81.2 cm³/mol. The normalized spacial score (nSPS) is 12.6. The maximum Gasteiger partial charge on any atom is 0.326 e. The standard InChI is InChI=1S/C11H19N5O6S/c12-2-8(18)16-6(4-23)10(20)14-3-9(19)15-5(11(21)22)1-7(13)17/h5-6,23H,1-4,12H2,(H2,13,17)(H,14,20)(H,15,19)(H,16,18)(H,21,22). The molecule has 0 aromatic heterocycles. The second-order valence-electron chi connectivity index (χ2n) is 4.35. The van der Waals surface area contributed by atoms with Crippen molar-refractivity contribution < 1.29 is 29.1 Å². The molecule has 0 saturated carbocycles. The first-order valence-corrected chi connectivity index (χ1v) is 7.03. The number of nitrogens with one attached hydrogen (secondary N) is 3. The Hall–Kier alpha value is -2.34. The zero-order chi connectivity index (χ0) is 18.0. The van der Waals surface area contributed by atoms with Gasteiger partial charge >= 0.3 is 5.97 Å². The Labute approximate surface area is 136 Å². The van der Waals surface area contributed by atoms with Crippen molar-refractivity contribution in [3.05, 3.63) is 0 Å². The fourth-order valence-corrected chi connectivity index (χ4v) is 1.64. The molecule has 0 fully saturated rings. The molecule has 0 saturated heterocycles. The summed E-state index contributed by atoms with van der Waals surface area (Å²) in [4.78, 5) is 56.0. The number of hydrogen-bond acceptors (Lipinski definition) is 7. The lowest BCUT2D eigenvalue weighted by molar-refractivity contribution is -0.143. The molecule has 0 aromatic rings. The summed E-state index contributed by atoms with van der Waals surface area (Å²) in [7, 11) is 0. The quantitative estimate of drug-likeness (QED) is 0.195. The SMILES string of the molecule is NCC(=O)NC(CS)C(=O)NCC(=O)NC(CC(N)=O)C(=O)O. The zero-order valence-electron chi connectivity index (χ0n) is 12.1. The van der Waals surface area contributed by atoms with Crippen LogP contribution in [0.3, 0.4) is 0 Å². The minimum atomic E-state index is -1.49. The van der Waals surface area contributed by atoms with Crippen molar-refractivity contribution in [1.82, 2.24) is 16.0 Å². The molecular formula is C11H19N5O6S. The Morgan fingerprint density at radius 2 is 1.61 bits per heavy atom. The average Bonchev–Trinajstić information content (AvgIpc) is 2.48. The molecule has 0 aromatic carbocycles. The molecule has 23 heavy (non-hydrogen) atoms. The first kappa shape index (κ1) is 20.7. The number of nitrogens with two attached hydrogens (primary N) is 2. The summed E-state index contributed by atoms with van der Waals surface area (Å²) in [5.74, 6) is -4.48. The summed E-state index contributed by atoms with van der Waals surface area (Å²) in [5.41, 5.74) is 9.96. The van der Waals surface area contributed by atoms with Gasteiger partial charge in [0.25, 0.3) is 0 Å². The summed E-state index contributed by atoms with van der Waals surface area (Å²) < 4.78 is 0. The monoisotopic (exact) mass is 349 g/mol. The lowest BCUT2D eigenvalue weighted by Gasteiger charge is -2.17. The molecule has 2 unspecified atom stereocenters. The molecule has 0 rings (SSSR count). The molecule has 0 radical (unpaired) electrons. The number of rotatable bonds is 10. The van der Waals surface area contributed by atoms with Gasteiger partial charge in [-0.3, -0.25) is 19.2 Å². The number of amides is 4. The van der Waals surface area contributed by atoms with E-state index in [1.54, 1.807) is 0 Å². The number of carbonyl (C=O) groups is 5. The van der Waals surface area contributed by atoms with E-state index in [0.717, 1.165) is 0 Å². The minimum Gasteiger partial charge on any atom is -0.480 e. The van der Waals surface area contributed by atoms with E-state index in [1.165, 1.54) is 0 Å². The maximum absolute atomic E-state index is 11.7. The molecule has 0 bridgehead atoms. The maximum atomic E-state index is 11.7. The number of carboxylic acids is 1. The molecule has 0 aliphatic rings. The average molecular weight is 349 g/mol. The summed E-state index contributed by atoms with van der Waals surface area (Å²) >= 11 is 3.89. The highest BCUT2D eigenvalue weighted by Gasteiger charge is 2.23. The van der Waals surface area contributed by atoms with Gasteiger partial charge in [-0.15, -0.1) is 0 Å². The Bertz CT molecular complexity index is 486. The van der Waals surface area contributed by atoms with E-state index in [9.17, 15) is 24.0 Å². The molecule has 0 aliphatic carbocycles. The number of carbonyl (C=O) groups excluding carboxylic acids is 4. The van der Waals surface area contributed by atoms with E-state index in [4.69, 9.17) is 16.6 Å². The largest absolute Gasteiger partial charge is 0.480 e. The third-order valence-electron chi connectivity index (χ3n) is 2.48. The van der Waals surface area contributed by atoms with Crippen LogP contribution in [0.4, 0.5) is 0 Å². The van der Waals surface area contributed by atoms with Crippen LogP contribution in [0.2, 0.25) is 0 Å². The number of aliphatic carboxylic acids is 1. The Morgan fingerprint density at radius 3 is 2.04 bits per heavy atom. The lowest BCUT2D eigenvalue weighted by Crippen LogP contribution is -2.52. The summed E-state index contributed by atoms with van der Waals surface area (Å²) in [6.07, 6.45) is -0.582. The van der Waals surface area contributed by atoms with Crippen molar-refractivity contribution in [3.63, 3.8) is 0 Å². The van der Waals surface area contributed by atoms with Crippen LogP contribution in [-0.4, -0.2) is 65.6 Å². The van der Waals surface area contributed by atoms with E-state index in [0.29, 0.717) is 0 Å². The van der Waals surface area contributed by atoms with Crippen LogP contribution in [0, 0.1) is 0 Å². The summed E-state index contributed by atoms with van der Waals surface area (Å²) in [6.45, 7) is -0.865. The molecule has 8 N–H and O–H groups in total. The van der Waals surface area contributed by atoms with Crippen LogP contribution in [-0.2, 0) is 24.0 Å². The van der Waals surface area contributed by atoms with Gasteiger partial charge in [-0.1, -0.05) is 0 Å². The van der Waals surface area contributed by atoms with Crippen molar-refractivity contribution in [2.24, 2.45) is 11.5 Å². The zero-order valence-corrected chi connectivity index (χ0v) is 13.0. The highest BCUT2D eigenvalue weighted by Crippen LogP contribution is 1.92. The topological polar surface area (TPSA) is 194 Å². The van der Waals surface area contributed by atoms with E-state index in [1.807, 2.05) is 5.32 Å². The first-order chi connectivity index (χ1) is 10.7. The second-order valence-corrected chi connectivity index (χ2v) is 4.72. The van der Waals surface area contributed by atoms with Crippen LogP contribution >= 0.6 is 12.6 Å². The van der Waals surface area contributed by atoms with Gasteiger partial charge in [0, 0.05) is 5.75 Å². The molecule has 0 heterocycles. The predicted octanol–water partition coefficient (Wildman–Crippen LogP) is -4.08. The Morgan fingerprint density at radius 1 is 1.04 bits per heavy atom. The van der Waals surface area contributed by atoms with Crippen molar-refractivity contribution in [1.29, 1.82) is 0 Å². The van der Waals surface area contributed by atoms with Crippen LogP contribution in [0.25, 0.3) is 0 Å². The lowest BCUT2D eigenvalue weighted by atomic mass is 10.2. The fraction of sp³-hybridized carbons (Fsp3) is 0.545. The first-order valence-electron chi connectivity index (χ1n) is 6.39. The van der Waals surface area contributed by atoms with Crippen LogP contribution in [0.1, 0.15) is 6.42 Å². The smallest absolute Gasteiger partial charge is 0.326 e. The van der Waals surface area contributed by atoms with Crippen LogP contribution in [0.5, 0.6) is 0 Å². The molecule has 130 valence electrons. The molecule has 0 aliphatic heterocycles. The van der Waals surface area contributed by atoms with Crippen LogP contribution in [0.15, 0.2) is 0 Å². The van der Waals surface area contributed by atoms with Gasteiger partial charge in [0.15, 0.2) is 0 Å².